The number of ether oxygens (including phenoxy) is 1. The summed E-state index contributed by atoms with van der Waals surface area (Å²) in [5.41, 5.74) is 3.35. The molecule has 1 aromatic rings. The van der Waals surface area contributed by atoms with Crippen LogP contribution in [-0.4, -0.2) is 24.5 Å². The molecule has 6 aliphatic rings. The van der Waals surface area contributed by atoms with Crippen molar-refractivity contribution in [3.8, 4) is 0 Å². The molecule has 3 nitrogen and oxygen atoms in total. The third-order valence-electron chi connectivity index (χ3n) is 8.57. The number of benzene rings is 1. The van der Waals surface area contributed by atoms with Crippen LogP contribution in [0.4, 0.5) is 0 Å². The van der Waals surface area contributed by atoms with E-state index in [-0.39, 0.29) is 11.0 Å². The van der Waals surface area contributed by atoms with Crippen molar-refractivity contribution in [3.63, 3.8) is 0 Å². The summed E-state index contributed by atoms with van der Waals surface area (Å²) < 4.78 is 5.64. The number of halogens is 1. The molecule has 4 aliphatic carbocycles. The van der Waals surface area contributed by atoms with E-state index < -0.39 is 0 Å². The molecule has 2 aliphatic heterocycles. The summed E-state index contributed by atoms with van der Waals surface area (Å²) in [4.78, 5) is 13.7. The molecule has 4 heteroatoms. The number of ketones is 1. The van der Waals surface area contributed by atoms with Crippen molar-refractivity contribution in [1.29, 1.82) is 0 Å². The van der Waals surface area contributed by atoms with Gasteiger partial charge in [-0.05, 0) is 93.2 Å². The molecule has 0 unspecified atom stereocenters. The Labute approximate surface area is 178 Å². The predicted octanol–water partition coefficient (Wildman–Crippen LogP) is 5.16. The third kappa shape index (κ3) is 3.08. The van der Waals surface area contributed by atoms with E-state index >= 15 is 0 Å². The van der Waals surface area contributed by atoms with Crippen LogP contribution >= 0.6 is 11.6 Å². The smallest absolute Gasteiger partial charge is 0.163 e. The monoisotopic (exact) mass is 411 g/mol. The molecule has 0 aromatic heterocycles. The Morgan fingerprint density at radius 3 is 2.38 bits per heavy atom. The minimum atomic E-state index is -0.0870. The van der Waals surface area contributed by atoms with E-state index in [2.05, 4.69) is 17.4 Å². The van der Waals surface area contributed by atoms with Gasteiger partial charge in [-0.3, -0.25) is 4.79 Å². The lowest BCUT2D eigenvalue weighted by Crippen LogP contribution is -2.53. The first kappa shape index (κ1) is 18.4. The number of carbonyl (C=O) groups is 1. The third-order valence-corrected chi connectivity index (χ3v) is 8.81. The maximum absolute atomic E-state index is 13.7. The van der Waals surface area contributed by atoms with E-state index in [9.17, 15) is 4.79 Å². The van der Waals surface area contributed by atoms with Crippen LogP contribution in [0.3, 0.4) is 0 Å². The number of allylic oxidation sites excluding steroid dienone is 1. The fourth-order valence-electron chi connectivity index (χ4n) is 7.61. The van der Waals surface area contributed by atoms with Gasteiger partial charge in [0.2, 0.25) is 0 Å². The molecule has 1 N–H and O–H groups in total. The molecule has 4 bridgehead atoms. The molecular formula is C25H30ClNO2. The predicted molar refractivity (Wildman–Crippen MR) is 115 cm³/mol. The number of fused-ring (bicyclic) bond motifs is 1. The summed E-state index contributed by atoms with van der Waals surface area (Å²) in [7, 11) is 0. The summed E-state index contributed by atoms with van der Waals surface area (Å²) in [5, 5.41) is 4.60. The van der Waals surface area contributed by atoms with Gasteiger partial charge in [0.15, 0.2) is 5.78 Å². The molecule has 1 saturated heterocycles. The number of nitrogens with one attached hydrogen (secondary N) is 1. The lowest BCUT2D eigenvalue weighted by atomic mass is 9.48. The molecule has 0 radical (unpaired) electrons. The first-order valence-electron chi connectivity index (χ1n) is 11.4. The van der Waals surface area contributed by atoms with Crippen molar-refractivity contribution in [1.82, 2.24) is 5.32 Å². The highest BCUT2D eigenvalue weighted by Crippen LogP contribution is 2.60. The van der Waals surface area contributed by atoms with Crippen molar-refractivity contribution in [2.75, 3.05) is 13.2 Å². The summed E-state index contributed by atoms with van der Waals surface area (Å²) >= 11 is 6.34. The van der Waals surface area contributed by atoms with Gasteiger partial charge in [-0.15, -0.1) is 0 Å². The van der Waals surface area contributed by atoms with Crippen LogP contribution in [0.2, 0.25) is 5.02 Å². The standard InChI is InChI=1S/C25H30ClNO2/c26-20-1-2-21-19(10-20)15-25(3-5-29-6-4-25)27-22(21)11-23(28)24-12-16-7-17(13-24)9-18(8-16)14-24/h1-2,10-11,16-18,27H,3-9,12-15H2/b22-11-. The normalized spacial score (nSPS) is 38.1. The van der Waals surface area contributed by atoms with Crippen LogP contribution < -0.4 is 5.32 Å². The molecule has 154 valence electrons. The van der Waals surface area contributed by atoms with Crippen LogP contribution in [-0.2, 0) is 16.0 Å². The molecule has 2 heterocycles. The molecule has 5 fully saturated rings. The molecule has 1 aromatic carbocycles. The van der Waals surface area contributed by atoms with Crippen molar-refractivity contribution in [3.05, 3.63) is 40.4 Å². The molecule has 1 spiro atoms. The minimum Gasteiger partial charge on any atom is -0.381 e. The molecule has 29 heavy (non-hydrogen) atoms. The Morgan fingerprint density at radius 2 is 1.72 bits per heavy atom. The second-order valence-corrected chi connectivity index (χ2v) is 11.1. The van der Waals surface area contributed by atoms with Crippen molar-refractivity contribution in [2.45, 2.75) is 63.3 Å². The fourth-order valence-corrected chi connectivity index (χ4v) is 7.80. The molecular weight excluding hydrogens is 382 g/mol. The van der Waals surface area contributed by atoms with E-state index in [4.69, 9.17) is 16.3 Å². The first-order valence-corrected chi connectivity index (χ1v) is 11.8. The van der Waals surface area contributed by atoms with Gasteiger partial charge < -0.3 is 10.1 Å². The highest BCUT2D eigenvalue weighted by molar-refractivity contribution is 6.30. The Kier molecular flexibility index (Phi) is 4.19. The topological polar surface area (TPSA) is 38.3 Å². The fraction of sp³-hybridized carbons (Fsp3) is 0.640. The van der Waals surface area contributed by atoms with Gasteiger partial charge >= 0.3 is 0 Å². The van der Waals surface area contributed by atoms with Gasteiger partial charge in [-0.1, -0.05) is 17.7 Å². The Hall–Kier alpha value is -1.32. The Morgan fingerprint density at radius 1 is 1.07 bits per heavy atom. The molecule has 0 amide bonds. The lowest BCUT2D eigenvalue weighted by Gasteiger charge is -2.55. The Balaban J connectivity index is 1.37. The maximum Gasteiger partial charge on any atom is 0.163 e. The van der Waals surface area contributed by atoms with Gasteiger partial charge in [0, 0.05) is 46.5 Å². The lowest BCUT2D eigenvalue weighted by molar-refractivity contribution is -0.138. The SMILES string of the molecule is O=C(/C=C1\NC2(CCOCC2)Cc2cc(Cl)ccc21)C12CC3CC(CC(C3)C1)C2. The van der Waals surface area contributed by atoms with Crippen molar-refractivity contribution < 1.29 is 9.53 Å². The summed E-state index contributed by atoms with van der Waals surface area (Å²) in [5.74, 6) is 2.74. The molecule has 4 saturated carbocycles. The average molecular weight is 412 g/mol. The van der Waals surface area contributed by atoms with Gasteiger partial charge in [0.1, 0.15) is 0 Å². The minimum absolute atomic E-state index is 0.0104. The largest absolute Gasteiger partial charge is 0.381 e. The highest BCUT2D eigenvalue weighted by Gasteiger charge is 2.54. The quantitative estimate of drug-likeness (QED) is 0.683. The maximum atomic E-state index is 13.7. The van der Waals surface area contributed by atoms with Gasteiger partial charge in [-0.25, -0.2) is 0 Å². The second kappa shape index (κ2) is 6.59. The summed E-state index contributed by atoms with van der Waals surface area (Å²) in [6.07, 6.45) is 12.3. The van der Waals surface area contributed by atoms with Crippen LogP contribution in [0, 0.1) is 23.2 Å². The zero-order valence-electron chi connectivity index (χ0n) is 17.0. The van der Waals surface area contributed by atoms with E-state index in [1.165, 1.54) is 24.8 Å². The highest BCUT2D eigenvalue weighted by atomic mass is 35.5. The van der Waals surface area contributed by atoms with Crippen molar-refractivity contribution in [2.24, 2.45) is 23.2 Å². The summed E-state index contributed by atoms with van der Waals surface area (Å²) in [6.45, 7) is 1.55. The second-order valence-electron chi connectivity index (χ2n) is 10.6. The van der Waals surface area contributed by atoms with Gasteiger partial charge in [0.05, 0.1) is 0 Å². The van der Waals surface area contributed by atoms with Gasteiger partial charge in [0.25, 0.3) is 0 Å². The van der Waals surface area contributed by atoms with Crippen LogP contribution in [0.5, 0.6) is 0 Å². The average Bonchev–Trinajstić information content (AvgIpc) is 2.67. The van der Waals surface area contributed by atoms with Crippen LogP contribution in [0.25, 0.3) is 5.70 Å². The molecule has 0 atom stereocenters. The van der Waals surface area contributed by atoms with Gasteiger partial charge in [-0.2, -0.15) is 0 Å². The zero-order chi connectivity index (χ0) is 19.6. The number of hydrogen-bond acceptors (Lipinski definition) is 3. The van der Waals surface area contributed by atoms with E-state index in [0.717, 1.165) is 85.8 Å². The summed E-state index contributed by atoms with van der Waals surface area (Å²) in [6, 6.07) is 6.14. The first-order chi connectivity index (χ1) is 14.0. The zero-order valence-corrected chi connectivity index (χ0v) is 17.8. The van der Waals surface area contributed by atoms with E-state index in [1.807, 2.05) is 12.1 Å². The Bertz CT molecular complexity index is 848. The van der Waals surface area contributed by atoms with Crippen LogP contribution in [0.1, 0.15) is 62.5 Å². The number of carbonyl (C=O) groups excluding carboxylic acids is 1. The number of rotatable bonds is 2. The number of hydrogen-bond donors (Lipinski definition) is 1. The van der Waals surface area contributed by atoms with Crippen LogP contribution in [0.15, 0.2) is 24.3 Å². The van der Waals surface area contributed by atoms with Crippen molar-refractivity contribution >= 4 is 23.1 Å². The van der Waals surface area contributed by atoms with E-state index in [0.29, 0.717) is 5.78 Å². The van der Waals surface area contributed by atoms with E-state index in [1.54, 1.807) is 0 Å². The molecule has 7 rings (SSSR count).